The van der Waals surface area contributed by atoms with Gasteiger partial charge in [-0.25, -0.2) is 0 Å². The topological polar surface area (TPSA) is 36.4 Å². The first-order valence-electron chi connectivity index (χ1n) is 6.05. The molecule has 1 fully saturated rings. The molecule has 16 heavy (non-hydrogen) atoms. The second-order valence-electron chi connectivity index (χ2n) is 4.79. The van der Waals surface area contributed by atoms with Crippen LogP contribution in [0.4, 0.5) is 0 Å². The van der Waals surface area contributed by atoms with Crippen molar-refractivity contribution in [1.29, 1.82) is 0 Å². The van der Waals surface area contributed by atoms with Crippen molar-refractivity contribution in [3.05, 3.63) is 30.1 Å². The second-order valence-corrected chi connectivity index (χ2v) is 4.79. The number of hydrogen-bond acceptors (Lipinski definition) is 3. The van der Waals surface area contributed by atoms with Crippen LogP contribution in [0.1, 0.15) is 25.3 Å². The van der Waals surface area contributed by atoms with Gasteiger partial charge < -0.3 is 5.11 Å². The van der Waals surface area contributed by atoms with Gasteiger partial charge in [-0.2, -0.15) is 0 Å². The summed E-state index contributed by atoms with van der Waals surface area (Å²) in [4.78, 5) is 6.32. The third-order valence-corrected chi connectivity index (χ3v) is 3.22. The zero-order chi connectivity index (χ0) is 11.4. The second kappa shape index (κ2) is 4.93. The van der Waals surface area contributed by atoms with E-state index < -0.39 is 5.60 Å². The fraction of sp³-hybridized carbons (Fsp3) is 0.615. The molecular formula is C13H20N2O. The molecule has 1 aliphatic heterocycles. The lowest BCUT2D eigenvalue weighted by atomic mass is 9.89. The Hall–Kier alpha value is -0.930. The Labute approximate surface area is 97.1 Å². The molecule has 1 aliphatic rings. The van der Waals surface area contributed by atoms with Crippen LogP contribution in [0, 0.1) is 0 Å². The average Bonchev–Trinajstić information content (AvgIpc) is 2.25. The van der Waals surface area contributed by atoms with Crippen molar-refractivity contribution >= 4 is 0 Å². The Morgan fingerprint density at radius 1 is 1.38 bits per heavy atom. The summed E-state index contributed by atoms with van der Waals surface area (Å²) in [6.07, 6.45) is 6.70. The number of hydrogen-bond donors (Lipinski definition) is 1. The van der Waals surface area contributed by atoms with Crippen molar-refractivity contribution in [1.82, 2.24) is 9.88 Å². The summed E-state index contributed by atoms with van der Waals surface area (Å²) < 4.78 is 0. The number of nitrogens with zero attached hydrogens (tertiary/aromatic N) is 2. The lowest BCUT2D eigenvalue weighted by Gasteiger charge is -2.46. The minimum atomic E-state index is -0.396. The van der Waals surface area contributed by atoms with Gasteiger partial charge in [-0.3, -0.25) is 9.88 Å². The number of likely N-dealkylation sites (tertiary alicyclic amines) is 1. The molecule has 0 saturated carbocycles. The van der Waals surface area contributed by atoms with Crippen LogP contribution >= 0.6 is 0 Å². The van der Waals surface area contributed by atoms with Crippen molar-refractivity contribution in [2.75, 3.05) is 19.6 Å². The Morgan fingerprint density at radius 3 is 2.69 bits per heavy atom. The predicted octanol–water partition coefficient (Wildman–Crippen LogP) is 1.47. The van der Waals surface area contributed by atoms with E-state index in [1.807, 2.05) is 12.4 Å². The fourth-order valence-electron chi connectivity index (χ4n) is 2.40. The normalized spacial score (nSPS) is 19.4. The first kappa shape index (κ1) is 11.6. The van der Waals surface area contributed by atoms with Gasteiger partial charge >= 0.3 is 0 Å². The summed E-state index contributed by atoms with van der Waals surface area (Å²) in [7, 11) is 0. The molecule has 0 aliphatic carbocycles. The first-order chi connectivity index (χ1) is 7.72. The third-order valence-electron chi connectivity index (χ3n) is 3.22. The molecule has 0 atom stereocenters. The van der Waals surface area contributed by atoms with E-state index in [4.69, 9.17) is 0 Å². The van der Waals surface area contributed by atoms with Gasteiger partial charge in [0.1, 0.15) is 0 Å². The van der Waals surface area contributed by atoms with E-state index in [0.29, 0.717) is 0 Å². The molecule has 88 valence electrons. The van der Waals surface area contributed by atoms with Crippen molar-refractivity contribution in [3.63, 3.8) is 0 Å². The lowest BCUT2D eigenvalue weighted by molar-refractivity contribution is -0.102. The molecule has 3 heteroatoms. The van der Waals surface area contributed by atoms with Crippen LogP contribution in [0.2, 0.25) is 0 Å². The molecule has 1 N–H and O–H groups in total. The van der Waals surface area contributed by atoms with Crippen molar-refractivity contribution in [3.8, 4) is 0 Å². The van der Waals surface area contributed by atoms with E-state index in [0.717, 1.165) is 38.9 Å². The van der Waals surface area contributed by atoms with Gasteiger partial charge in [0.2, 0.25) is 0 Å². The molecule has 3 nitrogen and oxygen atoms in total. The molecule has 1 aromatic rings. The maximum absolute atomic E-state index is 10.0. The number of β-amino-alcohol motifs (C(OH)–C–C–N with tert-alkyl or cyclic N) is 1. The lowest BCUT2D eigenvalue weighted by Crippen LogP contribution is -2.61. The summed E-state index contributed by atoms with van der Waals surface area (Å²) in [5, 5.41) is 10.0. The van der Waals surface area contributed by atoms with E-state index in [1.165, 1.54) is 5.56 Å². The number of aliphatic hydroxyl groups is 1. The van der Waals surface area contributed by atoms with Gasteiger partial charge in [0.15, 0.2) is 0 Å². The maximum Gasteiger partial charge on any atom is 0.0900 e. The molecule has 2 heterocycles. The summed E-state index contributed by atoms with van der Waals surface area (Å²) in [6, 6.07) is 4.11. The quantitative estimate of drug-likeness (QED) is 0.816. The first-order valence-corrected chi connectivity index (χ1v) is 6.05. The molecule has 0 radical (unpaired) electrons. The van der Waals surface area contributed by atoms with Crippen molar-refractivity contribution in [2.24, 2.45) is 0 Å². The summed E-state index contributed by atoms with van der Waals surface area (Å²) in [5.74, 6) is 0. The highest BCUT2D eigenvalue weighted by atomic mass is 16.3. The maximum atomic E-state index is 10.0. The van der Waals surface area contributed by atoms with Crippen LogP contribution in [-0.2, 0) is 6.42 Å². The van der Waals surface area contributed by atoms with Crippen molar-refractivity contribution < 1.29 is 5.11 Å². The Kier molecular flexibility index (Phi) is 3.56. The standard InChI is InChI=1S/C13H20N2O/c1-2-6-13(16)10-15(11-13)9-5-12-3-7-14-8-4-12/h3-4,7-8,16H,2,5-6,9-11H2,1H3. The van der Waals surface area contributed by atoms with Crippen molar-refractivity contribution in [2.45, 2.75) is 31.8 Å². The monoisotopic (exact) mass is 220 g/mol. The Bertz CT molecular complexity index is 320. The van der Waals surface area contributed by atoms with E-state index >= 15 is 0 Å². The highest BCUT2D eigenvalue weighted by Gasteiger charge is 2.39. The van der Waals surface area contributed by atoms with Crippen LogP contribution in [0.25, 0.3) is 0 Å². The molecule has 0 aromatic carbocycles. The van der Waals surface area contributed by atoms with Crippen LogP contribution in [-0.4, -0.2) is 40.2 Å². The van der Waals surface area contributed by atoms with Gasteiger partial charge in [-0.05, 0) is 30.5 Å². The number of pyridine rings is 1. The average molecular weight is 220 g/mol. The summed E-state index contributed by atoms with van der Waals surface area (Å²) in [6.45, 7) is 4.84. The molecular weight excluding hydrogens is 200 g/mol. The zero-order valence-corrected chi connectivity index (χ0v) is 9.89. The molecule has 1 saturated heterocycles. The molecule has 0 bridgehead atoms. The largest absolute Gasteiger partial charge is 0.387 e. The molecule has 0 amide bonds. The van der Waals surface area contributed by atoms with Gasteiger partial charge in [0.25, 0.3) is 0 Å². The minimum absolute atomic E-state index is 0.396. The van der Waals surface area contributed by atoms with Gasteiger partial charge in [-0.1, -0.05) is 13.3 Å². The van der Waals surface area contributed by atoms with Crippen LogP contribution in [0.15, 0.2) is 24.5 Å². The van der Waals surface area contributed by atoms with Gasteiger partial charge in [-0.15, -0.1) is 0 Å². The Morgan fingerprint density at radius 2 is 2.06 bits per heavy atom. The molecule has 1 aromatic heterocycles. The highest BCUT2D eigenvalue weighted by molar-refractivity contribution is 5.10. The van der Waals surface area contributed by atoms with E-state index in [2.05, 4.69) is 28.9 Å². The fourth-order valence-corrected chi connectivity index (χ4v) is 2.40. The molecule has 2 rings (SSSR count). The SMILES string of the molecule is CCCC1(O)CN(CCc2ccncc2)C1. The predicted molar refractivity (Wildman–Crippen MR) is 64.2 cm³/mol. The highest BCUT2D eigenvalue weighted by Crippen LogP contribution is 2.25. The van der Waals surface area contributed by atoms with Crippen LogP contribution < -0.4 is 0 Å². The van der Waals surface area contributed by atoms with Crippen LogP contribution in [0.3, 0.4) is 0 Å². The van der Waals surface area contributed by atoms with E-state index in [9.17, 15) is 5.11 Å². The zero-order valence-electron chi connectivity index (χ0n) is 9.89. The number of aromatic nitrogens is 1. The van der Waals surface area contributed by atoms with Crippen LogP contribution in [0.5, 0.6) is 0 Å². The van der Waals surface area contributed by atoms with Gasteiger partial charge in [0.05, 0.1) is 5.60 Å². The van der Waals surface area contributed by atoms with Gasteiger partial charge in [0, 0.05) is 32.0 Å². The smallest absolute Gasteiger partial charge is 0.0900 e. The summed E-state index contributed by atoms with van der Waals surface area (Å²) in [5.41, 5.74) is 0.924. The molecule has 0 unspecified atom stereocenters. The Balaban J connectivity index is 1.70. The van der Waals surface area contributed by atoms with E-state index in [-0.39, 0.29) is 0 Å². The summed E-state index contributed by atoms with van der Waals surface area (Å²) >= 11 is 0. The van der Waals surface area contributed by atoms with E-state index in [1.54, 1.807) is 0 Å². The number of rotatable bonds is 5. The third kappa shape index (κ3) is 2.80. The molecule has 0 spiro atoms. The minimum Gasteiger partial charge on any atom is -0.387 e.